The summed E-state index contributed by atoms with van der Waals surface area (Å²) in [6.07, 6.45) is 0. The van der Waals surface area contributed by atoms with Gasteiger partial charge in [-0.2, -0.15) is 0 Å². The van der Waals surface area contributed by atoms with Crippen LogP contribution in [0.4, 0.5) is 4.39 Å². The van der Waals surface area contributed by atoms with Crippen LogP contribution in [0.5, 0.6) is 0 Å². The molecule has 0 N–H and O–H groups in total. The van der Waals surface area contributed by atoms with Gasteiger partial charge in [-0.3, -0.25) is 0 Å². The summed E-state index contributed by atoms with van der Waals surface area (Å²) in [6, 6.07) is 14.5. The molecule has 3 nitrogen and oxygen atoms in total. The zero-order valence-electron chi connectivity index (χ0n) is 14.4. The fraction of sp³-hybridized carbons (Fsp3) is 0.263. The highest BCUT2D eigenvalue weighted by Gasteiger charge is 2.11. The second-order valence-corrected chi connectivity index (χ2v) is 8.04. The molecule has 0 radical (unpaired) electrons. The minimum absolute atomic E-state index is 0.213. The van der Waals surface area contributed by atoms with E-state index in [0.717, 1.165) is 45.4 Å². The third-order valence-corrected chi connectivity index (χ3v) is 6.09. The topological polar surface area (TPSA) is 30.7 Å². The molecular weight excluding hydrogens is 389 g/mol. The minimum atomic E-state index is -0.213. The lowest BCUT2D eigenvalue weighted by molar-refractivity contribution is 0.627. The monoisotopic (exact) mass is 407 g/mol. The Morgan fingerprint density at radius 1 is 0.923 bits per heavy atom. The van der Waals surface area contributed by atoms with Gasteiger partial charge in [0.1, 0.15) is 11.6 Å². The van der Waals surface area contributed by atoms with Gasteiger partial charge >= 0.3 is 0 Å². The van der Waals surface area contributed by atoms with E-state index in [2.05, 4.69) is 21.7 Å². The Balaban J connectivity index is 1.56. The van der Waals surface area contributed by atoms with Crippen molar-refractivity contribution >= 4 is 35.1 Å². The van der Waals surface area contributed by atoms with Crippen molar-refractivity contribution in [1.29, 1.82) is 0 Å². The van der Waals surface area contributed by atoms with Gasteiger partial charge in [0.05, 0.1) is 5.75 Å². The van der Waals surface area contributed by atoms with Crippen LogP contribution in [0.25, 0.3) is 0 Å². The second kappa shape index (κ2) is 9.44. The van der Waals surface area contributed by atoms with Gasteiger partial charge < -0.3 is 4.57 Å². The van der Waals surface area contributed by atoms with Crippen LogP contribution in [0.1, 0.15) is 23.9 Å². The van der Waals surface area contributed by atoms with Crippen LogP contribution in [0, 0.1) is 5.82 Å². The number of rotatable bonds is 8. The maximum atomic E-state index is 13.0. The average Bonchev–Trinajstić information content (AvgIpc) is 3.05. The Kier molecular flexibility index (Phi) is 7.00. The highest BCUT2D eigenvalue weighted by Crippen LogP contribution is 2.25. The summed E-state index contributed by atoms with van der Waals surface area (Å²) in [5.74, 6) is 3.23. The van der Waals surface area contributed by atoms with Gasteiger partial charge in [-0.1, -0.05) is 47.6 Å². The van der Waals surface area contributed by atoms with Crippen LogP contribution >= 0.6 is 35.1 Å². The summed E-state index contributed by atoms with van der Waals surface area (Å²) >= 11 is 9.35. The molecule has 0 saturated carbocycles. The lowest BCUT2D eigenvalue weighted by Gasteiger charge is -2.07. The van der Waals surface area contributed by atoms with Gasteiger partial charge in [-0.25, -0.2) is 4.39 Å². The number of benzene rings is 2. The summed E-state index contributed by atoms with van der Waals surface area (Å²) in [6.45, 7) is 2.92. The minimum Gasteiger partial charge on any atom is -0.306 e. The standard InChI is InChI=1S/C19H19ClFN3S2/c1-2-24-18(13-25-11-14-3-7-16(20)8-4-14)22-23-19(24)26-12-15-5-9-17(21)10-6-15/h3-10H,2,11-13H2,1H3. The molecule has 0 aliphatic carbocycles. The van der Waals surface area contributed by atoms with Crippen LogP contribution in [-0.2, 0) is 23.8 Å². The Morgan fingerprint density at radius 2 is 1.58 bits per heavy atom. The van der Waals surface area contributed by atoms with Crippen LogP contribution in [0.2, 0.25) is 5.02 Å². The first-order chi connectivity index (χ1) is 12.7. The van der Waals surface area contributed by atoms with E-state index in [0.29, 0.717) is 0 Å². The summed E-state index contributed by atoms with van der Waals surface area (Å²) < 4.78 is 15.1. The summed E-state index contributed by atoms with van der Waals surface area (Å²) in [5.41, 5.74) is 2.31. The summed E-state index contributed by atoms with van der Waals surface area (Å²) in [4.78, 5) is 0. The van der Waals surface area contributed by atoms with Crippen molar-refractivity contribution in [2.75, 3.05) is 0 Å². The molecule has 3 aromatic rings. The lowest BCUT2D eigenvalue weighted by Crippen LogP contribution is -2.02. The third kappa shape index (κ3) is 5.25. The molecule has 136 valence electrons. The summed E-state index contributed by atoms with van der Waals surface area (Å²) in [7, 11) is 0. The molecule has 0 atom stereocenters. The van der Waals surface area contributed by atoms with Crippen LogP contribution < -0.4 is 0 Å². The van der Waals surface area contributed by atoms with Gasteiger partial charge in [-0.05, 0) is 42.3 Å². The zero-order valence-corrected chi connectivity index (χ0v) is 16.8. The van der Waals surface area contributed by atoms with E-state index in [4.69, 9.17) is 11.6 Å². The second-order valence-electron chi connectivity index (χ2n) is 5.68. The zero-order chi connectivity index (χ0) is 18.4. The van der Waals surface area contributed by atoms with E-state index in [-0.39, 0.29) is 5.82 Å². The van der Waals surface area contributed by atoms with E-state index in [1.807, 2.05) is 24.3 Å². The predicted octanol–water partition coefficient (Wildman–Crippen LogP) is 5.82. The molecule has 7 heteroatoms. The molecule has 0 spiro atoms. The largest absolute Gasteiger partial charge is 0.306 e. The van der Waals surface area contributed by atoms with Crippen molar-refractivity contribution < 1.29 is 4.39 Å². The first kappa shape index (κ1) is 19.3. The number of halogens is 2. The first-order valence-corrected chi connectivity index (χ1v) is 10.8. The van der Waals surface area contributed by atoms with E-state index in [1.165, 1.54) is 17.7 Å². The van der Waals surface area contributed by atoms with E-state index in [9.17, 15) is 4.39 Å². The van der Waals surface area contributed by atoms with Crippen molar-refractivity contribution in [2.24, 2.45) is 0 Å². The van der Waals surface area contributed by atoms with E-state index >= 15 is 0 Å². The molecule has 26 heavy (non-hydrogen) atoms. The molecule has 0 bridgehead atoms. The SMILES string of the molecule is CCn1c(CSCc2ccc(Cl)cc2)nnc1SCc1ccc(F)cc1. The molecule has 0 aliphatic heterocycles. The number of thioether (sulfide) groups is 2. The number of hydrogen-bond donors (Lipinski definition) is 0. The molecule has 1 heterocycles. The van der Waals surface area contributed by atoms with E-state index in [1.54, 1.807) is 35.7 Å². The highest BCUT2D eigenvalue weighted by atomic mass is 35.5. The Labute approximate surface area is 166 Å². The Bertz CT molecular complexity index is 835. The molecular formula is C19H19ClFN3S2. The number of nitrogens with zero attached hydrogens (tertiary/aromatic N) is 3. The quantitative estimate of drug-likeness (QED) is 0.440. The fourth-order valence-corrected chi connectivity index (χ4v) is 4.45. The fourth-order valence-electron chi connectivity index (χ4n) is 2.42. The smallest absolute Gasteiger partial charge is 0.191 e. The molecule has 1 aromatic heterocycles. The third-order valence-electron chi connectivity index (χ3n) is 3.80. The van der Waals surface area contributed by atoms with Gasteiger partial charge in [-0.15, -0.1) is 22.0 Å². The molecule has 3 rings (SSSR count). The van der Waals surface area contributed by atoms with Crippen LogP contribution in [0.3, 0.4) is 0 Å². The summed E-state index contributed by atoms with van der Waals surface area (Å²) in [5, 5.41) is 10.3. The van der Waals surface area contributed by atoms with Gasteiger partial charge in [0.15, 0.2) is 5.16 Å². The van der Waals surface area contributed by atoms with Crippen LogP contribution in [0.15, 0.2) is 53.7 Å². The van der Waals surface area contributed by atoms with Crippen molar-refractivity contribution in [3.63, 3.8) is 0 Å². The van der Waals surface area contributed by atoms with Crippen LogP contribution in [-0.4, -0.2) is 14.8 Å². The molecule has 0 unspecified atom stereocenters. The molecule has 0 aliphatic rings. The first-order valence-electron chi connectivity index (χ1n) is 8.27. The van der Waals surface area contributed by atoms with Crippen molar-refractivity contribution in [1.82, 2.24) is 14.8 Å². The maximum absolute atomic E-state index is 13.0. The van der Waals surface area contributed by atoms with Crippen molar-refractivity contribution in [2.45, 2.75) is 35.9 Å². The number of hydrogen-bond acceptors (Lipinski definition) is 4. The molecule has 0 saturated heterocycles. The maximum Gasteiger partial charge on any atom is 0.191 e. The average molecular weight is 408 g/mol. The molecule has 0 fully saturated rings. The van der Waals surface area contributed by atoms with Crippen molar-refractivity contribution in [3.8, 4) is 0 Å². The van der Waals surface area contributed by atoms with E-state index < -0.39 is 0 Å². The van der Waals surface area contributed by atoms with Gasteiger partial charge in [0.2, 0.25) is 0 Å². The molecule has 0 amide bonds. The van der Waals surface area contributed by atoms with Crippen molar-refractivity contribution in [3.05, 3.63) is 76.3 Å². The molecule has 2 aromatic carbocycles. The predicted molar refractivity (Wildman–Crippen MR) is 108 cm³/mol. The van der Waals surface area contributed by atoms with Gasteiger partial charge in [0.25, 0.3) is 0 Å². The normalized spacial score (nSPS) is 11.0. The number of aromatic nitrogens is 3. The lowest BCUT2D eigenvalue weighted by atomic mass is 10.2. The van der Waals surface area contributed by atoms with Gasteiger partial charge in [0, 0.05) is 23.1 Å². The Hall–Kier alpha value is -1.50. The Morgan fingerprint density at radius 3 is 2.27 bits per heavy atom. The highest BCUT2D eigenvalue weighted by molar-refractivity contribution is 7.98.